The Morgan fingerprint density at radius 2 is 2.12 bits per heavy atom. The molecule has 4 nitrogen and oxygen atoms in total. The minimum absolute atomic E-state index is 0.0694. The average molecular weight is 295 g/mol. The first-order valence-electron chi connectivity index (χ1n) is 4.22. The van der Waals surface area contributed by atoms with E-state index in [0.29, 0.717) is 0 Å². The van der Waals surface area contributed by atoms with Crippen molar-refractivity contribution in [3.05, 3.63) is 22.3 Å². The van der Waals surface area contributed by atoms with Crippen molar-refractivity contribution in [3.8, 4) is 0 Å². The van der Waals surface area contributed by atoms with E-state index in [1.807, 2.05) is 0 Å². The van der Waals surface area contributed by atoms with Crippen molar-refractivity contribution in [1.29, 1.82) is 0 Å². The molecule has 2 heterocycles. The Labute approximate surface area is 96.6 Å². The minimum Gasteiger partial charge on any atom is -0.356 e. The summed E-state index contributed by atoms with van der Waals surface area (Å²) in [6, 6.07) is 0.942. The number of nitrogens with one attached hydrogen (secondary N) is 1. The molecule has 0 saturated heterocycles. The van der Waals surface area contributed by atoms with Crippen molar-refractivity contribution in [2.45, 2.75) is 6.18 Å². The molecule has 0 spiro atoms. The van der Waals surface area contributed by atoms with E-state index in [9.17, 15) is 13.2 Å². The van der Waals surface area contributed by atoms with Gasteiger partial charge in [0.15, 0.2) is 5.65 Å². The van der Waals surface area contributed by atoms with E-state index in [1.54, 1.807) is 7.05 Å². The van der Waals surface area contributed by atoms with Gasteiger partial charge in [-0.1, -0.05) is 0 Å². The van der Waals surface area contributed by atoms with Gasteiger partial charge in [0.2, 0.25) is 5.95 Å². The molecule has 0 amide bonds. The molecule has 16 heavy (non-hydrogen) atoms. The van der Waals surface area contributed by atoms with Gasteiger partial charge in [0.1, 0.15) is 0 Å². The third-order valence-electron chi connectivity index (χ3n) is 1.95. The van der Waals surface area contributed by atoms with Crippen LogP contribution in [0.1, 0.15) is 5.56 Å². The Morgan fingerprint density at radius 1 is 1.44 bits per heavy atom. The smallest absolute Gasteiger partial charge is 0.356 e. The number of pyridine rings is 1. The van der Waals surface area contributed by atoms with Crippen molar-refractivity contribution in [1.82, 2.24) is 14.6 Å². The van der Waals surface area contributed by atoms with Gasteiger partial charge in [-0.05, 0) is 22.0 Å². The molecule has 0 aliphatic carbocycles. The molecule has 0 aliphatic rings. The number of rotatable bonds is 1. The van der Waals surface area contributed by atoms with Gasteiger partial charge >= 0.3 is 6.18 Å². The lowest BCUT2D eigenvalue weighted by atomic mass is 10.2. The van der Waals surface area contributed by atoms with Gasteiger partial charge in [0.05, 0.1) is 5.56 Å². The number of aromatic nitrogens is 3. The van der Waals surface area contributed by atoms with Gasteiger partial charge in [-0.2, -0.15) is 18.2 Å². The minimum atomic E-state index is -4.41. The molecule has 2 aromatic rings. The lowest BCUT2D eigenvalue weighted by molar-refractivity contribution is -0.138. The molecule has 2 rings (SSSR count). The highest BCUT2D eigenvalue weighted by Gasteiger charge is 2.33. The summed E-state index contributed by atoms with van der Waals surface area (Å²) in [5.74, 6) is 0.270. The largest absolute Gasteiger partial charge is 0.417 e. The van der Waals surface area contributed by atoms with E-state index in [2.05, 4.69) is 31.3 Å². The fraction of sp³-hybridized carbons (Fsp3) is 0.250. The highest BCUT2D eigenvalue weighted by atomic mass is 79.9. The van der Waals surface area contributed by atoms with Crippen LogP contribution in [-0.4, -0.2) is 21.6 Å². The molecule has 1 N–H and O–H groups in total. The third kappa shape index (κ3) is 1.84. The van der Waals surface area contributed by atoms with Gasteiger partial charge < -0.3 is 5.32 Å². The molecule has 0 bridgehead atoms. The normalized spacial score (nSPS) is 12.1. The van der Waals surface area contributed by atoms with Gasteiger partial charge in [-0.25, -0.2) is 4.52 Å². The molecule has 8 heteroatoms. The van der Waals surface area contributed by atoms with Crippen LogP contribution in [0.2, 0.25) is 0 Å². The van der Waals surface area contributed by atoms with E-state index < -0.39 is 11.7 Å². The molecular weight excluding hydrogens is 289 g/mol. The van der Waals surface area contributed by atoms with Crippen LogP contribution in [0.5, 0.6) is 0 Å². The van der Waals surface area contributed by atoms with Crippen LogP contribution < -0.4 is 5.32 Å². The molecule has 86 valence electrons. The van der Waals surface area contributed by atoms with Crippen LogP contribution in [0.15, 0.2) is 16.7 Å². The monoisotopic (exact) mass is 294 g/mol. The lowest BCUT2D eigenvalue weighted by Crippen LogP contribution is -2.07. The summed E-state index contributed by atoms with van der Waals surface area (Å²) in [6.07, 6.45) is -3.18. The second-order valence-corrected chi connectivity index (χ2v) is 3.88. The molecule has 0 aliphatic heterocycles. The molecule has 0 saturated carbocycles. The van der Waals surface area contributed by atoms with E-state index in [1.165, 1.54) is 10.7 Å². The fourth-order valence-corrected chi connectivity index (χ4v) is 1.76. The molecule has 2 aromatic heterocycles. The summed E-state index contributed by atoms with van der Waals surface area (Å²) < 4.78 is 38.9. The Hall–Kier alpha value is -1.31. The van der Waals surface area contributed by atoms with Crippen LogP contribution in [0.25, 0.3) is 5.65 Å². The fourth-order valence-electron chi connectivity index (χ4n) is 1.23. The number of nitrogens with zero attached hydrogens (tertiary/aromatic N) is 3. The van der Waals surface area contributed by atoms with Crippen molar-refractivity contribution in [2.24, 2.45) is 0 Å². The predicted octanol–water partition coefficient (Wildman–Crippen LogP) is 2.55. The van der Waals surface area contributed by atoms with Gasteiger partial charge in [-0.15, -0.1) is 5.10 Å². The van der Waals surface area contributed by atoms with E-state index in [4.69, 9.17) is 0 Å². The highest BCUT2D eigenvalue weighted by molar-refractivity contribution is 9.10. The van der Waals surface area contributed by atoms with E-state index >= 15 is 0 Å². The number of anilines is 1. The van der Waals surface area contributed by atoms with Crippen LogP contribution in [-0.2, 0) is 6.18 Å². The van der Waals surface area contributed by atoms with Gasteiger partial charge in [0.25, 0.3) is 0 Å². The zero-order valence-corrected chi connectivity index (χ0v) is 9.59. The Balaban J connectivity index is 2.66. The summed E-state index contributed by atoms with van der Waals surface area (Å²) in [6.45, 7) is 0. The van der Waals surface area contributed by atoms with Crippen molar-refractivity contribution < 1.29 is 13.2 Å². The van der Waals surface area contributed by atoms with Crippen molar-refractivity contribution >= 4 is 27.5 Å². The van der Waals surface area contributed by atoms with Crippen molar-refractivity contribution in [2.75, 3.05) is 12.4 Å². The summed E-state index contributed by atoms with van der Waals surface area (Å²) >= 11 is 2.86. The highest BCUT2D eigenvalue weighted by Crippen LogP contribution is 2.35. The van der Waals surface area contributed by atoms with E-state index in [0.717, 1.165) is 6.07 Å². The van der Waals surface area contributed by atoms with Crippen molar-refractivity contribution in [3.63, 3.8) is 0 Å². The number of halogens is 4. The number of hydrogen-bond donors (Lipinski definition) is 1. The molecular formula is C8H6BrF3N4. The van der Waals surface area contributed by atoms with Gasteiger partial charge in [0, 0.05) is 17.7 Å². The summed E-state index contributed by atoms with van der Waals surface area (Å²) in [5, 5.41) is 6.57. The average Bonchev–Trinajstić information content (AvgIpc) is 2.56. The van der Waals surface area contributed by atoms with Gasteiger partial charge in [-0.3, -0.25) is 0 Å². The standard InChI is InChI=1S/C8H6BrF3N4/c1-13-7-14-6-2-4(8(10,11)12)5(9)3-16(6)15-7/h2-3H,1H3,(H,13,15). The Morgan fingerprint density at radius 3 is 2.69 bits per heavy atom. The molecule has 0 unspecified atom stereocenters. The first kappa shape index (κ1) is 11.2. The zero-order valence-electron chi connectivity index (χ0n) is 8.01. The topological polar surface area (TPSA) is 42.2 Å². The number of fused-ring (bicyclic) bond motifs is 1. The maximum atomic E-state index is 12.6. The molecule has 0 radical (unpaired) electrons. The first-order valence-corrected chi connectivity index (χ1v) is 5.02. The maximum absolute atomic E-state index is 12.6. The van der Waals surface area contributed by atoms with Crippen LogP contribution in [0.4, 0.5) is 19.1 Å². The number of alkyl halides is 3. The predicted molar refractivity (Wildman–Crippen MR) is 55.2 cm³/mol. The summed E-state index contributed by atoms with van der Waals surface area (Å²) in [5.41, 5.74) is -0.630. The number of hydrogen-bond acceptors (Lipinski definition) is 3. The quantitative estimate of drug-likeness (QED) is 0.879. The molecule has 0 atom stereocenters. The summed E-state index contributed by atoms with van der Waals surface area (Å²) in [7, 11) is 1.59. The Bertz CT molecular complexity index is 534. The second-order valence-electron chi connectivity index (χ2n) is 3.02. The molecule has 0 aromatic carbocycles. The molecule has 0 fully saturated rings. The second kappa shape index (κ2) is 3.62. The SMILES string of the molecule is CNc1nc2cc(C(F)(F)F)c(Br)cn2n1. The first-order chi connectivity index (χ1) is 7.41. The maximum Gasteiger partial charge on any atom is 0.417 e. The third-order valence-corrected chi connectivity index (χ3v) is 2.58. The van der Waals surface area contributed by atoms with Crippen LogP contribution >= 0.6 is 15.9 Å². The Kier molecular flexibility index (Phi) is 2.53. The lowest BCUT2D eigenvalue weighted by Gasteiger charge is -2.08. The van der Waals surface area contributed by atoms with Crippen LogP contribution in [0.3, 0.4) is 0 Å². The zero-order chi connectivity index (χ0) is 11.9. The van der Waals surface area contributed by atoms with E-state index in [-0.39, 0.29) is 16.1 Å². The summed E-state index contributed by atoms with van der Waals surface area (Å²) in [4.78, 5) is 3.87. The van der Waals surface area contributed by atoms with Crippen LogP contribution in [0, 0.1) is 0 Å².